The van der Waals surface area contributed by atoms with Crippen molar-refractivity contribution in [3.05, 3.63) is 193 Å². The van der Waals surface area contributed by atoms with Crippen LogP contribution in [-0.4, -0.2) is 27.8 Å². The van der Waals surface area contributed by atoms with Gasteiger partial charge < -0.3 is 13.4 Å². The average Bonchev–Trinajstić information content (AvgIpc) is 4.04. The first-order chi connectivity index (χ1) is 32.5. The summed E-state index contributed by atoms with van der Waals surface area (Å²) < 4.78 is 17.0. The molecule has 4 aromatic heterocycles. The fourth-order valence-corrected chi connectivity index (χ4v) is 11.7. The molecule has 0 saturated heterocycles. The van der Waals surface area contributed by atoms with Gasteiger partial charge >= 0.3 is 99.8 Å². The zero-order chi connectivity index (χ0) is 46.0. The Morgan fingerprint density at radius 3 is 1.93 bits per heavy atom. The van der Waals surface area contributed by atoms with Crippen molar-refractivity contribution in [1.29, 1.82) is 0 Å². The number of para-hydroxylation sites is 1. The summed E-state index contributed by atoms with van der Waals surface area (Å²) in [6, 6.07) is 64.0. The average molecular weight is 1120 g/mol. The van der Waals surface area contributed by atoms with E-state index in [0.29, 0.717) is 0 Å². The molecule has 0 aliphatic rings. The molecule has 0 unspecified atom stereocenters. The molecule has 0 amide bonds. The van der Waals surface area contributed by atoms with Crippen molar-refractivity contribution in [3.63, 3.8) is 0 Å². The van der Waals surface area contributed by atoms with E-state index in [1.807, 2.05) is 54.7 Å². The number of fused-ring (bicyclic) bond motifs is 9. The van der Waals surface area contributed by atoms with Gasteiger partial charge in [-0.25, -0.2) is 0 Å². The van der Waals surface area contributed by atoms with E-state index in [4.69, 9.17) is 13.8 Å². The van der Waals surface area contributed by atoms with Crippen LogP contribution >= 0.6 is 0 Å². The van der Waals surface area contributed by atoms with Crippen LogP contribution in [0.2, 0.25) is 17.3 Å². The van der Waals surface area contributed by atoms with E-state index in [2.05, 4.69) is 182 Å². The number of furan rings is 2. The predicted molar refractivity (Wildman–Crippen MR) is 283 cm³/mol. The quantitative estimate of drug-likeness (QED) is 0.118. The van der Waals surface area contributed by atoms with Gasteiger partial charge in [0.25, 0.3) is 0 Å². The molecule has 0 spiro atoms. The third kappa shape index (κ3) is 8.08. The Bertz CT molecular complexity index is 3760. The maximum absolute atomic E-state index is 6.84. The molecule has 0 saturated carbocycles. The summed E-state index contributed by atoms with van der Waals surface area (Å²) in [5.41, 5.74) is 14.4. The number of aromatic nitrogens is 3. The van der Waals surface area contributed by atoms with Crippen molar-refractivity contribution >= 4 is 83.3 Å². The Labute approximate surface area is 413 Å². The van der Waals surface area contributed by atoms with E-state index >= 15 is 0 Å². The largest absolute Gasteiger partial charge is 0 e. The van der Waals surface area contributed by atoms with Crippen LogP contribution in [0.5, 0.6) is 0 Å². The molecule has 7 heteroatoms. The molecule has 4 heterocycles. The Morgan fingerprint density at radius 1 is 0.559 bits per heavy atom. The molecular weight excluding hydrogens is 1070 g/mol. The fraction of sp³-hybridized carbons (Fsp3) is 0.148. The fourth-order valence-electron chi connectivity index (χ4n) is 9.51. The molecule has 0 atom stereocenters. The van der Waals surface area contributed by atoms with E-state index < -0.39 is 13.3 Å². The summed E-state index contributed by atoms with van der Waals surface area (Å²) >= 11 is -1.72. The monoisotopic (exact) mass is 1120 g/mol. The van der Waals surface area contributed by atoms with Crippen LogP contribution in [0.1, 0.15) is 50.7 Å². The van der Waals surface area contributed by atoms with Crippen molar-refractivity contribution < 1.29 is 28.9 Å². The van der Waals surface area contributed by atoms with Gasteiger partial charge in [-0.3, -0.25) is 4.98 Å². The van der Waals surface area contributed by atoms with Crippen molar-refractivity contribution in [2.45, 2.75) is 56.8 Å². The zero-order valence-electron chi connectivity index (χ0n) is 39.3. The van der Waals surface area contributed by atoms with Gasteiger partial charge in [0.2, 0.25) is 0 Å². The SMILES string of the molecule is CC(C)c1cc(-c2ccccc2)cc(C(C)C)c1-n1c(-c2[c-]ccc3c2oc2cc4c(cc23)oc2ccccc24)nc2ccc3ccccc3c21.[CH3][Ge]([CH3])([CH3])[c]1ccc(-c2[c-]cccc2)nc1.[Ir]. The smallest absolute Gasteiger partial charge is 0 e. The van der Waals surface area contributed by atoms with E-state index in [9.17, 15) is 0 Å². The number of hydrogen-bond acceptors (Lipinski definition) is 4. The van der Waals surface area contributed by atoms with Crippen molar-refractivity contribution in [2.75, 3.05) is 0 Å². The van der Waals surface area contributed by atoms with Crippen LogP contribution in [0.25, 0.3) is 105 Å². The van der Waals surface area contributed by atoms with Crippen LogP contribution in [0.3, 0.4) is 0 Å². The second-order valence-corrected chi connectivity index (χ2v) is 29.9. The number of imidazole rings is 1. The molecule has 0 fully saturated rings. The third-order valence-electron chi connectivity index (χ3n) is 13.1. The molecule has 0 N–H and O–H groups in total. The first-order valence-corrected chi connectivity index (χ1v) is 30.6. The van der Waals surface area contributed by atoms with Crippen molar-refractivity contribution in [3.8, 4) is 39.5 Å². The van der Waals surface area contributed by atoms with Crippen LogP contribution < -0.4 is 4.40 Å². The van der Waals surface area contributed by atoms with Gasteiger partial charge in [-0.05, 0) is 75.9 Å². The van der Waals surface area contributed by atoms with Gasteiger partial charge in [0.1, 0.15) is 16.7 Å². The Hall–Kier alpha value is -6.57. The maximum Gasteiger partial charge on any atom is 0 e. The number of nitrogens with zero attached hydrogens (tertiary/aromatic N) is 3. The van der Waals surface area contributed by atoms with Crippen LogP contribution in [0.15, 0.2) is 179 Å². The van der Waals surface area contributed by atoms with Crippen molar-refractivity contribution in [1.82, 2.24) is 14.5 Å². The van der Waals surface area contributed by atoms with Crippen LogP contribution in [0, 0.1) is 12.1 Å². The summed E-state index contributed by atoms with van der Waals surface area (Å²) in [6.07, 6.45) is 2.04. The summed E-state index contributed by atoms with van der Waals surface area (Å²) in [7, 11) is 0. The second kappa shape index (κ2) is 18.2. The number of pyridine rings is 1. The van der Waals surface area contributed by atoms with Crippen molar-refractivity contribution in [2.24, 2.45) is 0 Å². The van der Waals surface area contributed by atoms with Crippen LogP contribution in [-0.2, 0) is 20.1 Å². The standard InChI is InChI=1S/C47H35N2O2.C14H16GeN.Ir/c1-27(2)36-23-31(29-13-6-5-7-14-29)24-37(28(3)4)44(36)49-45-32-16-9-8-15-30(32)21-22-40(45)48-47(49)35-19-12-18-34-39-26-42-38(25-43(39)51-46(34)35)33-17-10-11-20-41(33)50-42;1-15(2,3)13-9-10-14(16-11-13)12-7-5-4-6-8-12;/h5-18,20-28H,1-4H3;4-7,9-11H,1-3H3;/q2*-1;. The molecule has 1 radical (unpaired) electrons. The van der Waals surface area contributed by atoms with E-state index in [-0.39, 0.29) is 31.9 Å². The molecule has 0 aliphatic heterocycles. The molecule has 0 aliphatic carbocycles. The summed E-state index contributed by atoms with van der Waals surface area (Å²) in [4.78, 5) is 9.98. The second-order valence-electron chi connectivity index (χ2n) is 19.2. The third-order valence-corrected chi connectivity index (χ3v) is 17.3. The first kappa shape index (κ1) is 45.2. The van der Waals surface area contributed by atoms with Gasteiger partial charge in [-0.15, -0.1) is 18.2 Å². The Morgan fingerprint density at radius 2 is 1.24 bits per heavy atom. The zero-order valence-corrected chi connectivity index (χ0v) is 43.8. The number of rotatable bonds is 7. The minimum Gasteiger partial charge on any atom is 0 e. The van der Waals surface area contributed by atoms with E-state index in [0.717, 1.165) is 82.9 Å². The van der Waals surface area contributed by atoms with Gasteiger partial charge in [0.15, 0.2) is 0 Å². The first-order valence-electron chi connectivity index (χ1n) is 23.3. The summed E-state index contributed by atoms with van der Waals surface area (Å²) in [5, 5.41) is 6.49. The number of benzene rings is 8. The van der Waals surface area contributed by atoms with Gasteiger partial charge in [-0.2, -0.15) is 0 Å². The van der Waals surface area contributed by atoms with E-state index in [1.54, 1.807) is 0 Å². The molecule has 12 rings (SSSR count). The maximum atomic E-state index is 6.84. The summed E-state index contributed by atoms with van der Waals surface area (Å²) in [6.45, 7) is 9.17. The van der Waals surface area contributed by atoms with Gasteiger partial charge in [0, 0.05) is 47.3 Å². The molecule has 337 valence electrons. The Balaban J connectivity index is 0.000000270. The minimum atomic E-state index is -1.72. The normalized spacial score (nSPS) is 11.9. The molecule has 12 aromatic rings. The molecule has 68 heavy (non-hydrogen) atoms. The summed E-state index contributed by atoms with van der Waals surface area (Å²) in [5.74, 6) is 8.45. The van der Waals surface area contributed by atoms with E-state index in [1.165, 1.54) is 37.7 Å². The van der Waals surface area contributed by atoms with Crippen LogP contribution in [0.4, 0.5) is 0 Å². The molecular formula is C61H51GeIrN3O2-2. The molecule has 8 aromatic carbocycles. The topological polar surface area (TPSA) is 57.0 Å². The number of hydrogen-bond donors (Lipinski definition) is 0. The minimum absolute atomic E-state index is 0. The molecule has 0 bridgehead atoms. The predicted octanol–water partition coefficient (Wildman–Crippen LogP) is 16.4. The molecule has 5 nitrogen and oxygen atoms in total. The van der Waals surface area contributed by atoms with Gasteiger partial charge in [-0.1, -0.05) is 118 Å². The van der Waals surface area contributed by atoms with Gasteiger partial charge in [0.05, 0.1) is 22.4 Å². The Kier molecular flexibility index (Phi) is 12.1.